The maximum absolute atomic E-state index is 12.1. The van der Waals surface area contributed by atoms with E-state index in [2.05, 4.69) is 5.10 Å². The van der Waals surface area contributed by atoms with Crippen LogP contribution < -0.4 is 9.88 Å². The summed E-state index contributed by atoms with van der Waals surface area (Å²) in [6, 6.07) is 15.1. The van der Waals surface area contributed by atoms with E-state index in [0.717, 1.165) is 5.69 Å². The summed E-state index contributed by atoms with van der Waals surface area (Å²) in [6.07, 6.45) is 0.337. The van der Waals surface area contributed by atoms with Gasteiger partial charge in [-0.05, 0) is 42.5 Å². The quantitative estimate of drug-likeness (QED) is 0.657. The summed E-state index contributed by atoms with van der Waals surface area (Å²) in [5, 5.41) is 9.59. The van der Waals surface area contributed by atoms with Gasteiger partial charge in [-0.3, -0.25) is 4.79 Å². The maximum Gasteiger partial charge on any atom is 0.238 e. The van der Waals surface area contributed by atoms with E-state index in [1.807, 2.05) is 12.1 Å². The number of carbonyl (C=O) groups is 1. The zero-order valence-corrected chi connectivity index (χ0v) is 15.7. The van der Waals surface area contributed by atoms with E-state index in [0.29, 0.717) is 29.1 Å². The number of ether oxygens (including phenoxy) is 1. The molecule has 3 aromatic rings. The lowest BCUT2D eigenvalue weighted by atomic mass is 10.1. The van der Waals surface area contributed by atoms with Crippen LogP contribution in [-0.2, 0) is 10.0 Å². The first kappa shape index (κ1) is 18.8. The molecule has 2 N–H and O–H groups in total. The fourth-order valence-electron chi connectivity index (χ4n) is 2.64. The van der Waals surface area contributed by atoms with Gasteiger partial charge >= 0.3 is 0 Å². The Labute approximate surface area is 157 Å². The molecule has 0 bridgehead atoms. The van der Waals surface area contributed by atoms with Crippen molar-refractivity contribution in [2.75, 3.05) is 7.11 Å². The van der Waals surface area contributed by atoms with Crippen LogP contribution in [0.15, 0.2) is 59.5 Å². The SMILES string of the molecule is CCC(=O)c1cc(-c2ccc(S(N)(=O)=O)cc2)n(-c2ccc(OC)cc2)n1. The highest BCUT2D eigenvalue weighted by Gasteiger charge is 2.16. The standard InChI is InChI=1S/C19H19N3O4S/c1-3-19(23)17-12-18(13-4-10-16(11-5-13)27(20,24)25)22(21-17)14-6-8-15(26-2)9-7-14/h4-12H,3H2,1-2H3,(H2,20,24,25). The van der Waals surface area contributed by atoms with Crippen LogP contribution in [0.3, 0.4) is 0 Å². The molecule has 27 heavy (non-hydrogen) atoms. The molecule has 8 heteroatoms. The maximum atomic E-state index is 12.1. The van der Waals surface area contributed by atoms with Gasteiger partial charge in [0.25, 0.3) is 0 Å². The molecule has 2 aromatic carbocycles. The molecule has 0 aliphatic carbocycles. The molecule has 1 aromatic heterocycles. The average Bonchev–Trinajstić information content (AvgIpc) is 3.12. The first-order valence-electron chi connectivity index (χ1n) is 8.24. The molecule has 0 radical (unpaired) electrons. The summed E-state index contributed by atoms with van der Waals surface area (Å²) >= 11 is 0. The van der Waals surface area contributed by atoms with Gasteiger partial charge in [0.1, 0.15) is 11.4 Å². The fraction of sp³-hybridized carbons (Fsp3) is 0.158. The Balaban J connectivity index is 2.12. The summed E-state index contributed by atoms with van der Waals surface area (Å²) in [4.78, 5) is 12.2. The van der Waals surface area contributed by atoms with Crippen molar-refractivity contribution in [3.63, 3.8) is 0 Å². The van der Waals surface area contributed by atoms with Crippen molar-refractivity contribution in [1.29, 1.82) is 0 Å². The lowest BCUT2D eigenvalue weighted by molar-refractivity contribution is 0.0983. The number of primary sulfonamides is 1. The predicted molar refractivity (Wildman–Crippen MR) is 102 cm³/mol. The van der Waals surface area contributed by atoms with Gasteiger partial charge in [0.2, 0.25) is 10.0 Å². The van der Waals surface area contributed by atoms with Crippen molar-refractivity contribution in [3.05, 3.63) is 60.3 Å². The minimum absolute atomic E-state index is 0.0200. The highest BCUT2D eigenvalue weighted by Crippen LogP contribution is 2.26. The van der Waals surface area contributed by atoms with E-state index < -0.39 is 10.0 Å². The Morgan fingerprint density at radius 3 is 2.26 bits per heavy atom. The van der Waals surface area contributed by atoms with E-state index in [9.17, 15) is 13.2 Å². The van der Waals surface area contributed by atoms with Crippen LogP contribution in [0.4, 0.5) is 0 Å². The number of carbonyl (C=O) groups excluding carboxylic acids is 1. The number of methoxy groups -OCH3 is 1. The number of benzene rings is 2. The Morgan fingerprint density at radius 1 is 1.11 bits per heavy atom. The van der Waals surface area contributed by atoms with Crippen LogP contribution in [0.25, 0.3) is 16.9 Å². The normalized spacial score (nSPS) is 11.4. The summed E-state index contributed by atoms with van der Waals surface area (Å²) in [5.41, 5.74) is 2.47. The van der Waals surface area contributed by atoms with Crippen molar-refractivity contribution in [3.8, 4) is 22.7 Å². The Bertz CT molecular complexity index is 1070. The predicted octanol–water partition coefficient (Wildman–Crippen LogP) is 2.79. The van der Waals surface area contributed by atoms with Gasteiger partial charge in [-0.15, -0.1) is 0 Å². The zero-order chi connectivity index (χ0) is 19.6. The van der Waals surface area contributed by atoms with E-state index in [1.54, 1.807) is 49.0 Å². The van der Waals surface area contributed by atoms with E-state index in [4.69, 9.17) is 9.88 Å². The third-order valence-electron chi connectivity index (χ3n) is 4.11. The number of Topliss-reactive ketones (excluding diaryl/α,β-unsaturated/α-hetero) is 1. The average molecular weight is 385 g/mol. The number of aromatic nitrogens is 2. The number of rotatable bonds is 6. The molecule has 0 unspecified atom stereocenters. The Hall–Kier alpha value is -2.97. The molecule has 0 aliphatic rings. The smallest absolute Gasteiger partial charge is 0.238 e. The molecule has 0 atom stereocenters. The lowest BCUT2D eigenvalue weighted by Gasteiger charge is -2.09. The number of nitrogens with zero attached hydrogens (tertiary/aromatic N) is 2. The van der Waals surface area contributed by atoms with Gasteiger partial charge in [0.05, 0.1) is 23.4 Å². The molecule has 0 spiro atoms. The molecule has 0 aliphatic heterocycles. The largest absolute Gasteiger partial charge is 0.497 e. The topological polar surface area (TPSA) is 104 Å². The summed E-state index contributed by atoms with van der Waals surface area (Å²) in [6.45, 7) is 1.77. The molecule has 0 fully saturated rings. The molecule has 7 nitrogen and oxygen atoms in total. The monoisotopic (exact) mass is 385 g/mol. The highest BCUT2D eigenvalue weighted by molar-refractivity contribution is 7.89. The van der Waals surface area contributed by atoms with E-state index in [1.165, 1.54) is 12.1 Å². The highest BCUT2D eigenvalue weighted by atomic mass is 32.2. The fourth-order valence-corrected chi connectivity index (χ4v) is 3.16. The minimum atomic E-state index is -3.77. The number of sulfonamides is 1. The van der Waals surface area contributed by atoms with Crippen molar-refractivity contribution in [1.82, 2.24) is 9.78 Å². The molecular weight excluding hydrogens is 366 g/mol. The number of hydrogen-bond acceptors (Lipinski definition) is 5. The number of ketones is 1. The van der Waals surface area contributed by atoms with Gasteiger partial charge in [0, 0.05) is 12.0 Å². The van der Waals surface area contributed by atoms with Crippen molar-refractivity contribution in [2.24, 2.45) is 5.14 Å². The lowest BCUT2D eigenvalue weighted by Crippen LogP contribution is -2.11. The van der Waals surface area contributed by atoms with Crippen LogP contribution >= 0.6 is 0 Å². The zero-order valence-electron chi connectivity index (χ0n) is 14.9. The molecule has 1 heterocycles. The molecule has 0 amide bonds. The van der Waals surface area contributed by atoms with Crippen LogP contribution in [0.1, 0.15) is 23.8 Å². The number of nitrogens with two attached hydrogens (primary N) is 1. The van der Waals surface area contributed by atoms with Gasteiger partial charge in [-0.25, -0.2) is 18.2 Å². The first-order chi connectivity index (χ1) is 12.8. The summed E-state index contributed by atoms with van der Waals surface area (Å²) in [5.74, 6) is 0.625. The van der Waals surface area contributed by atoms with Crippen LogP contribution in [-0.4, -0.2) is 31.1 Å². The summed E-state index contributed by atoms with van der Waals surface area (Å²) in [7, 11) is -2.19. The van der Waals surface area contributed by atoms with Crippen molar-refractivity contribution in [2.45, 2.75) is 18.2 Å². The molecule has 3 rings (SSSR count). The molecular formula is C19H19N3O4S. The Morgan fingerprint density at radius 2 is 1.74 bits per heavy atom. The van der Waals surface area contributed by atoms with Crippen LogP contribution in [0, 0.1) is 0 Å². The van der Waals surface area contributed by atoms with Gasteiger partial charge in [-0.2, -0.15) is 5.10 Å². The summed E-state index contributed by atoms with van der Waals surface area (Å²) < 4.78 is 29.8. The number of hydrogen-bond donors (Lipinski definition) is 1. The van der Waals surface area contributed by atoms with E-state index >= 15 is 0 Å². The van der Waals surface area contributed by atoms with Crippen LogP contribution in [0.2, 0.25) is 0 Å². The second kappa shape index (κ2) is 7.34. The van der Waals surface area contributed by atoms with Crippen LogP contribution in [0.5, 0.6) is 5.75 Å². The van der Waals surface area contributed by atoms with Gasteiger partial charge in [-0.1, -0.05) is 19.1 Å². The van der Waals surface area contributed by atoms with Gasteiger partial charge in [0.15, 0.2) is 5.78 Å². The van der Waals surface area contributed by atoms with Gasteiger partial charge < -0.3 is 4.74 Å². The third-order valence-corrected chi connectivity index (χ3v) is 5.04. The molecule has 0 saturated carbocycles. The minimum Gasteiger partial charge on any atom is -0.497 e. The second-order valence-corrected chi connectivity index (χ2v) is 7.43. The third kappa shape index (κ3) is 3.91. The van der Waals surface area contributed by atoms with Crippen molar-refractivity contribution < 1.29 is 17.9 Å². The van der Waals surface area contributed by atoms with Crippen molar-refractivity contribution >= 4 is 15.8 Å². The second-order valence-electron chi connectivity index (χ2n) is 5.87. The first-order valence-corrected chi connectivity index (χ1v) is 9.79. The van der Waals surface area contributed by atoms with E-state index in [-0.39, 0.29) is 10.7 Å². The molecule has 140 valence electrons. The molecule has 0 saturated heterocycles. The Kier molecular flexibility index (Phi) is 5.11.